The fraction of sp³-hybridized carbons (Fsp3) is 0.267. The van der Waals surface area contributed by atoms with Gasteiger partial charge in [0.1, 0.15) is 17.6 Å². The minimum absolute atomic E-state index is 0.295. The van der Waals surface area contributed by atoms with Gasteiger partial charge in [0, 0.05) is 4.47 Å². The average Bonchev–Trinajstić information content (AvgIpc) is 3.00. The highest BCUT2D eigenvalue weighted by atomic mass is 79.9. The molecule has 0 saturated carbocycles. The lowest BCUT2D eigenvalue weighted by Crippen LogP contribution is -2.18. The fourth-order valence-electron chi connectivity index (χ4n) is 2.27. The molecule has 2 atom stereocenters. The van der Waals surface area contributed by atoms with Crippen molar-refractivity contribution in [1.29, 1.82) is 0 Å². The van der Waals surface area contributed by atoms with Crippen LogP contribution in [0.5, 0.6) is 5.75 Å². The first-order valence-electron chi connectivity index (χ1n) is 7.64. The van der Waals surface area contributed by atoms with Gasteiger partial charge in [-0.25, -0.2) is 19.5 Å². The molecule has 0 aliphatic rings. The molecule has 0 radical (unpaired) electrons. The molecular weight excluding hydrogens is 425 g/mol. The number of hydrogen-bond acceptors (Lipinski definition) is 7. The molecule has 3 rings (SSSR count). The van der Waals surface area contributed by atoms with Gasteiger partial charge in [-0.1, -0.05) is 15.9 Å². The number of anilines is 1. The molecule has 1 unspecified atom stereocenters. The molecule has 0 aliphatic carbocycles. The number of nitrogens with two attached hydrogens (primary N) is 1. The quantitative estimate of drug-likeness (QED) is 0.536. The van der Waals surface area contributed by atoms with Crippen molar-refractivity contribution in [3.05, 3.63) is 41.4 Å². The van der Waals surface area contributed by atoms with Crippen LogP contribution in [0.25, 0.3) is 11.2 Å². The Morgan fingerprint density at radius 1 is 1.31 bits per heavy atom. The van der Waals surface area contributed by atoms with Gasteiger partial charge in [-0.3, -0.25) is 0 Å². The highest BCUT2D eigenvalue weighted by Crippen LogP contribution is 2.43. The predicted octanol–water partition coefficient (Wildman–Crippen LogP) is 2.80. The van der Waals surface area contributed by atoms with E-state index in [1.807, 2.05) is 0 Å². The molecule has 9 nitrogen and oxygen atoms in total. The lowest BCUT2D eigenvalue weighted by Gasteiger charge is -2.18. The third-order valence-electron chi connectivity index (χ3n) is 3.47. The Bertz CT molecular complexity index is 949. The molecule has 0 spiro atoms. The van der Waals surface area contributed by atoms with E-state index >= 15 is 0 Å². The zero-order valence-electron chi connectivity index (χ0n) is 13.8. The van der Waals surface area contributed by atoms with Crippen LogP contribution in [0, 0.1) is 0 Å². The van der Waals surface area contributed by atoms with E-state index in [9.17, 15) is 9.46 Å². The maximum atomic E-state index is 12.2. The van der Waals surface area contributed by atoms with Crippen LogP contribution >= 0.6 is 23.5 Å². The highest BCUT2D eigenvalue weighted by molar-refractivity contribution is 9.10. The van der Waals surface area contributed by atoms with Crippen LogP contribution in [-0.2, 0) is 15.8 Å². The van der Waals surface area contributed by atoms with Crippen molar-refractivity contribution < 1.29 is 18.7 Å². The lowest BCUT2D eigenvalue weighted by molar-refractivity contribution is 0.0772. The number of ether oxygens (including phenoxy) is 1. The van der Waals surface area contributed by atoms with Gasteiger partial charge in [-0.2, -0.15) is 0 Å². The second kappa shape index (κ2) is 7.71. The number of benzene rings is 1. The number of nitrogens with zero attached hydrogens (tertiary/aromatic N) is 4. The summed E-state index contributed by atoms with van der Waals surface area (Å²) in [4.78, 5) is 22.2. The second-order valence-electron chi connectivity index (χ2n) is 5.62. The maximum absolute atomic E-state index is 12.2. The first-order chi connectivity index (χ1) is 12.3. The molecule has 11 heteroatoms. The predicted molar refractivity (Wildman–Crippen MR) is 99.7 cm³/mol. The van der Waals surface area contributed by atoms with Crippen molar-refractivity contribution >= 4 is 40.5 Å². The fourth-order valence-corrected chi connectivity index (χ4v) is 3.48. The normalized spacial score (nSPS) is 14.9. The lowest BCUT2D eigenvalue weighted by atomic mass is 10.3. The van der Waals surface area contributed by atoms with Crippen LogP contribution < -0.4 is 10.3 Å². The van der Waals surface area contributed by atoms with Crippen molar-refractivity contribution in [1.82, 2.24) is 19.5 Å². The monoisotopic (exact) mass is 441 g/mol. The zero-order valence-corrected chi connectivity index (χ0v) is 16.3. The SMILES string of the molecule is C[C@H](Cn1cnc2c(N)ncnc21)OCP(=O)(O)Oc1ccc(Br)cc1. The summed E-state index contributed by atoms with van der Waals surface area (Å²) in [6.07, 6.45) is 2.12. The summed E-state index contributed by atoms with van der Waals surface area (Å²) in [5, 5.41) is 0. The molecule has 2 aromatic heterocycles. The molecule has 0 bridgehead atoms. The molecule has 138 valence electrons. The molecule has 0 fully saturated rings. The Hall–Kier alpha value is -2.00. The number of fused-ring (bicyclic) bond motifs is 1. The van der Waals surface area contributed by atoms with E-state index in [-0.39, 0.29) is 6.10 Å². The molecule has 26 heavy (non-hydrogen) atoms. The average molecular weight is 442 g/mol. The molecule has 2 heterocycles. The molecule has 3 aromatic rings. The Morgan fingerprint density at radius 3 is 2.77 bits per heavy atom. The minimum Gasteiger partial charge on any atom is -0.423 e. The summed E-state index contributed by atoms with van der Waals surface area (Å²) in [6.45, 7) is 2.15. The first kappa shape index (κ1) is 18.8. The summed E-state index contributed by atoms with van der Waals surface area (Å²) in [5.74, 6) is 0.591. The van der Waals surface area contributed by atoms with E-state index in [2.05, 4.69) is 30.9 Å². The molecule has 3 N–H and O–H groups in total. The first-order valence-corrected chi connectivity index (χ1v) is 10.2. The van der Waals surface area contributed by atoms with Gasteiger partial charge in [0.25, 0.3) is 0 Å². The van der Waals surface area contributed by atoms with Gasteiger partial charge in [-0.05, 0) is 31.2 Å². The zero-order chi connectivity index (χ0) is 18.7. The standard InChI is InChI=1S/C15H17BrN5O4P/c1-10(6-21-8-20-13-14(17)18-7-19-15(13)21)24-9-26(22,23)25-12-4-2-11(16)3-5-12/h2-5,7-8,10H,6,9H2,1H3,(H,22,23)(H2,17,18,19)/t10-/m1/s1. The van der Waals surface area contributed by atoms with Gasteiger partial charge in [0.05, 0.1) is 19.0 Å². The van der Waals surface area contributed by atoms with Crippen LogP contribution in [0.3, 0.4) is 0 Å². The molecular formula is C15H17BrN5O4P. The van der Waals surface area contributed by atoms with Gasteiger partial charge in [0.15, 0.2) is 17.8 Å². The van der Waals surface area contributed by atoms with Crippen molar-refractivity contribution in [2.24, 2.45) is 0 Å². The number of imidazole rings is 1. The van der Waals surface area contributed by atoms with Crippen molar-refractivity contribution in [2.75, 3.05) is 12.1 Å². The van der Waals surface area contributed by atoms with Gasteiger partial charge in [-0.15, -0.1) is 0 Å². The minimum atomic E-state index is -3.94. The van der Waals surface area contributed by atoms with E-state index in [1.165, 1.54) is 6.33 Å². The van der Waals surface area contributed by atoms with E-state index in [4.69, 9.17) is 15.0 Å². The van der Waals surface area contributed by atoms with Gasteiger partial charge >= 0.3 is 7.60 Å². The third kappa shape index (κ3) is 4.59. The third-order valence-corrected chi connectivity index (χ3v) is 4.97. The maximum Gasteiger partial charge on any atom is 0.402 e. The summed E-state index contributed by atoms with van der Waals surface area (Å²) >= 11 is 3.29. The Kier molecular flexibility index (Phi) is 5.57. The molecule has 0 amide bonds. The summed E-state index contributed by atoms with van der Waals surface area (Å²) in [5.41, 5.74) is 6.83. The van der Waals surface area contributed by atoms with E-state index in [0.717, 1.165) is 4.47 Å². The number of aromatic nitrogens is 4. The van der Waals surface area contributed by atoms with Crippen LogP contribution in [0.15, 0.2) is 41.4 Å². The van der Waals surface area contributed by atoms with Crippen LogP contribution in [-0.4, -0.2) is 36.9 Å². The number of nitrogen functional groups attached to an aromatic ring is 1. The summed E-state index contributed by atoms with van der Waals surface area (Å²) in [6, 6.07) is 6.63. The highest BCUT2D eigenvalue weighted by Gasteiger charge is 2.23. The van der Waals surface area contributed by atoms with E-state index < -0.39 is 13.9 Å². The molecule has 1 aromatic carbocycles. The van der Waals surface area contributed by atoms with E-state index in [1.54, 1.807) is 42.1 Å². The molecule has 0 aliphatic heterocycles. The Balaban J connectivity index is 1.59. The van der Waals surface area contributed by atoms with Gasteiger partial charge in [0.2, 0.25) is 0 Å². The van der Waals surface area contributed by atoms with Crippen LogP contribution in [0.4, 0.5) is 5.82 Å². The largest absolute Gasteiger partial charge is 0.423 e. The van der Waals surface area contributed by atoms with E-state index in [0.29, 0.717) is 29.3 Å². The second-order valence-corrected chi connectivity index (χ2v) is 8.25. The van der Waals surface area contributed by atoms with Crippen LogP contribution in [0.1, 0.15) is 6.92 Å². The Morgan fingerprint density at radius 2 is 2.04 bits per heavy atom. The summed E-state index contributed by atoms with van der Waals surface area (Å²) in [7, 11) is -3.94. The number of hydrogen-bond donors (Lipinski definition) is 2. The number of rotatable bonds is 7. The van der Waals surface area contributed by atoms with Crippen molar-refractivity contribution in [3.8, 4) is 5.75 Å². The van der Waals surface area contributed by atoms with Crippen molar-refractivity contribution in [3.63, 3.8) is 0 Å². The van der Waals surface area contributed by atoms with Gasteiger partial charge < -0.3 is 24.5 Å². The van der Waals surface area contributed by atoms with Crippen LogP contribution in [0.2, 0.25) is 0 Å². The van der Waals surface area contributed by atoms with Crippen molar-refractivity contribution in [2.45, 2.75) is 19.6 Å². The smallest absolute Gasteiger partial charge is 0.402 e. The number of halogens is 1. The Labute approximate surface area is 157 Å². The topological polar surface area (TPSA) is 125 Å². The summed E-state index contributed by atoms with van der Waals surface area (Å²) < 4.78 is 25.4. The molecule has 0 saturated heterocycles.